The van der Waals surface area contributed by atoms with Gasteiger partial charge in [0, 0.05) is 10.6 Å². The molecule has 7 nitrogen and oxygen atoms in total. The zero-order valence-corrected chi connectivity index (χ0v) is 16.5. The monoisotopic (exact) mass is 420 g/mol. The Kier molecular flexibility index (Phi) is 5.45. The largest absolute Gasteiger partial charge is 0.452 e. The van der Waals surface area contributed by atoms with Crippen molar-refractivity contribution in [3.8, 4) is 11.3 Å². The van der Waals surface area contributed by atoms with Crippen LogP contribution in [0.25, 0.3) is 22.3 Å². The molecule has 0 saturated carbocycles. The van der Waals surface area contributed by atoms with Crippen LogP contribution in [-0.2, 0) is 16.1 Å². The molecule has 2 N–H and O–H groups in total. The number of primary amides is 1. The van der Waals surface area contributed by atoms with Crippen LogP contribution in [-0.4, -0.2) is 33.2 Å². The van der Waals surface area contributed by atoms with Gasteiger partial charge in [0.05, 0.1) is 29.4 Å². The molecule has 2 heterocycles. The second-order valence-corrected chi connectivity index (χ2v) is 7.07. The van der Waals surface area contributed by atoms with Gasteiger partial charge in [-0.05, 0) is 23.8 Å². The lowest BCUT2D eigenvalue weighted by Gasteiger charge is -2.09. The smallest absolute Gasteiger partial charge is 0.339 e. The number of ether oxygens (including phenoxy) is 1. The Bertz CT molecular complexity index is 1220. The molecule has 4 rings (SSSR count). The number of halogens is 1. The van der Waals surface area contributed by atoms with E-state index in [2.05, 4.69) is 5.10 Å². The summed E-state index contributed by atoms with van der Waals surface area (Å²) in [5, 5.41) is 5.58. The minimum absolute atomic E-state index is 0.266. The number of carbonyl (C=O) groups excluding carboxylic acids is 2. The summed E-state index contributed by atoms with van der Waals surface area (Å²) < 4.78 is 6.74. The summed E-state index contributed by atoms with van der Waals surface area (Å²) in [6.07, 6.45) is 1.56. The van der Waals surface area contributed by atoms with E-state index in [4.69, 9.17) is 27.1 Å². The van der Waals surface area contributed by atoms with Gasteiger partial charge in [0.15, 0.2) is 12.3 Å². The quantitative estimate of drug-likeness (QED) is 0.481. The van der Waals surface area contributed by atoms with Crippen molar-refractivity contribution >= 4 is 34.5 Å². The molecule has 0 unspecified atom stereocenters. The van der Waals surface area contributed by atoms with E-state index in [0.29, 0.717) is 28.3 Å². The third-order valence-electron chi connectivity index (χ3n) is 4.49. The molecule has 0 saturated heterocycles. The van der Waals surface area contributed by atoms with Gasteiger partial charge >= 0.3 is 5.97 Å². The van der Waals surface area contributed by atoms with Crippen LogP contribution in [0.1, 0.15) is 15.9 Å². The van der Waals surface area contributed by atoms with Gasteiger partial charge in [-0.1, -0.05) is 54.1 Å². The first-order chi connectivity index (χ1) is 14.5. The molecule has 0 radical (unpaired) electrons. The zero-order chi connectivity index (χ0) is 21.1. The summed E-state index contributed by atoms with van der Waals surface area (Å²) >= 11 is 5.97. The van der Waals surface area contributed by atoms with Crippen molar-refractivity contribution in [3.63, 3.8) is 0 Å². The molecule has 0 bridgehead atoms. The molecule has 30 heavy (non-hydrogen) atoms. The highest BCUT2D eigenvalue weighted by molar-refractivity contribution is 6.30. The molecule has 150 valence electrons. The molecular formula is C22H17ClN4O3. The van der Waals surface area contributed by atoms with Gasteiger partial charge in [0.2, 0.25) is 0 Å². The topological polar surface area (TPSA) is 100 Å². The van der Waals surface area contributed by atoms with E-state index in [-0.39, 0.29) is 5.56 Å². The number of nitrogens with zero attached hydrogens (tertiary/aromatic N) is 3. The van der Waals surface area contributed by atoms with Crippen LogP contribution in [0, 0.1) is 0 Å². The Hall–Kier alpha value is -3.71. The number of esters is 1. The van der Waals surface area contributed by atoms with Gasteiger partial charge in [-0.15, -0.1) is 0 Å². The van der Waals surface area contributed by atoms with Crippen molar-refractivity contribution in [2.45, 2.75) is 6.54 Å². The number of pyridine rings is 1. The standard InChI is InChI=1S/C22H17ClN4O3/c23-16-8-6-14(7-9-16)12-27-21-18(11-25-27)17(22(29)30-13-20(24)28)10-19(26-21)15-4-2-1-3-5-15/h1-11H,12-13H2,(H2,24,28). The molecule has 1 amide bonds. The normalized spacial score (nSPS) is 10.8. The maximum Gasteiger partial charge on any atom is 0.339 e. The number of amides is 1. The molecule has 0 aliphatic heterocycles. The SMILES string of the molecule is NC(=O)COC(=O)c1cc(-c2ccccc2)nc2c1cnn2Cc1ccc(Cl)cc1. The minimum atomic E-state index is -0.727. The number of carbonyl (C=O) groups is 2. The molecule has 0 atom stereocenters. The molecule has 8 heteroatoms. The van der Waals surface area contributed by atoms with Gasteiger partial charge in [-0.25, -0.2) is 14.5 Å². The fourth-order valence-corrected chi connectivity index (χ4v) is 3.19. The third kappa shape index (κ3) is 4.16. The van der Waals surface area contributed by atoms with E-state index in [0.717, 1.165) is 11.1 Å². The van der Waals surface area contributed by atoms with Crippen molar-refractivity contribution < 1.29 is 14.3 Å². The maximum absolute atomic E-state index is 12.6. The van der Waals surface area contributed by atoms with Crippen LogP contribution in [0.2, 0.25) is 5.02 Å². The van der Waals surface area contributed by atoms with Crippen LogP contribution in [0.15, 0.2) is 66.9 Å². The fourth-order valence-electron chi connectivity index (χ4n) is 3.07. The highest BCUT2D eigenvalue weighted by atomic mass is 35.5. The van der Waals surface area contributed by atoms with Gasteiger partial charge in [0.1, 0.15) is 0 Å². The predicted molar refractivity (Wildman–Crippen MR) is 113 cm³/mol. The lowest BCUT2D eigenvalue weighted by molar-refractivity contribution is -0.121. The van der Waals surface area contributed by atoms with Crippen LogP contribution in [0.5, 0.6) is 0 Å². The van der Waals surface area contributed by atoms with E-state index in [9.17, 15) is 9.59 Å². The Morgan fingerprint density at radius 2 is 1.80 bits per heavy atom. The van der Waals surface area contributed by atoms with Crippen molar-refractivity contribution in [1.82, 2.24) is 14.8 Å². The summed E-state index contributed by atoms with van der Waals surface area (Å²) in [5.41, 5.74) is 8.30. The van der Waals surface area contributed by atoms with Gasteiger partial charge in [0.25, 0.3) is 5.91 Å². The maximum atomic E-state index is 12.6. The van der Waals surface area contributed by atoms with E-state index >= 15 is 0 Å². The zero-order valence-electron chi connectivity index (χ0n) is 15.8. The van der Waals surface area contributed by atoms with E-state index in [1.54, 1.807) is 29.1 Å². The van der Waals surface area contributed by atoms with Gasteiger partial charge in [-0.3, -0.25) is 4.79 Å². The molecule has 0 aliphatic rings. The first kappa shape index (κ1) is 19.6. The Labute approximate surface area is 177 Å². The molecular weight excluding hydrogens is 404 g/mol. The van der Waals surface area contributed by atoms with Crippen molar-refractivity contribution in [3.05, 3.63) is 83.0 Å². The number of aromatic nitrogens is 3. The molecule has 2 aromatic heterocycles. The summed E-state index contributed by atoms with van der Waals surface area (Å²) in [6.45, 7) is -0.0517. The summed E-state index contributed by atoms with van der Waals surface area (Å²) in [5.74, 6) is -1.39. The third-order valence-corrected chi connectivity index (χ3v) is 4.74. The van der Waals surface area contributed by atoms with E-state index in [1.807, 2.05) is 42.5 Å². The van der Waals surface area contributed by atoms with E-state index in [1.165, 1.54) is 0 Å². The molecule has 2 aromatic carbocycles. The molecule has 0 aliphatic carbocycles. The first-order valence-corrected chi connectivity index (χ1v) is 9.51. The highest BCUT2D eigenvalue weighted by Crippen LogP contribution is 2.26. The molecule has 4 aromatic rings. The lowest BCUT2D eigenvalue weighted by Crippen LogP contribution is -2.21. The highest BCUT2D eigenvalue weighted by Gasteiger charge is 2.19. The van der Waals surface area contributed by atoms with E-state index < -0.39 is 18.5 Å². The van der Waals surface area contributed by atoms with Crippen LogP contribution >= 0.6 is 11.6 Å². The average Bonchev–Trinajstić information content (AvgIpc) is 3.16. The molecule has 0 fully saturated rings. The van der Waals surface area contributed by atoms with Crippen molar-refractivity contribution in [2.75, 3.05) is 6.61 Å². The summed E-state index contributed by atoms with van der Waals surface area (Å²) in [7, 11) is 0. The summed E-state index contributed by atoms with van der Waals surface area (Å²) in [6, 6.07) is 18.5. The Morgan fingerprint density at radius 3 is 2.50 bits per heavy atom. The number of hydrogen-bond acceptors (Lipinski definition) is 5. The first-order valence-electron chi connectivity index (χ1n) is 9.13. The van der Waals surface area contributed by atoms with Crippen molar-refractivity contribution in [2.24, 2.45) is 5.73 Å². The van der Waals surface area contributed by atoms with Crippen LogP contribution in [0.3, 0.4) is 0 Å². The minimum Gasteiger partial charge on any atom is -0.452 e. The van der Waals surface area contributed by atoms with Gasteiger partial charge in [-0.2, -0.15) is 5.10 Å². The number of hydrogen-bond donors (Lipinski definition) is 1. The number of rotatable bonds is 6. The van der Waals surface area contributed by atoms with Crippen LogP contribution < -0.4 is 5.73 Å². The second kappa shape index (κ2) is 8.34. The van der Waals surface area contributed by atoms with Gasteiger partial charge < -0.3 is 10.5 Å². The lowest BCUT2D eigenvalue weighted by atomic mass is 10.1. The fraction of sp³-hybridized carbons (Fsp3) is 0.0909. The average molecular weight is 421 g/mol. The Morgan fingerprint density at radius 1 is 1.07 bits per heavy atom. The summed E-state index contributed by atoms with van der Waals surface area (Å²) in [4.78, 5) is 28.4. The van der Waals surface area contributed by atoms with Crippen molar-refractivity contribution in [1.29, 1.82) is 0 Å². The van der Waals surface area contributed by atoms with Crippen LogP contribution in [0.4, 0.5) is 0 Å². The number of nitrogens with two attached hydrogens (primary N) is 1. The number of benzene rings is 2. The predicted octanol–water partition coefficient (Wildman–Crippen LogP) is 3.44. The number of fused-ring (bicyclic) bond motifs is 1. The second-order valence-electron chi connectivity index (χ2n) is 6.63. The Balaban J connectivity index is 1.81. The molecule has 0 spiro atoms.